The lowest BCUT2D eigenvalue weighted by Gasteiger charge is -2.60. The molecule has 5 heteroatoms. The molecule has 1 aromatic rings. The smallest absolute Gasteiger partial charge is 0.246 e. The average Bonchev–Trinajstić information content (AvgIpc) is 3.12. The lowest BCUT2D eigenvalue weighted by Crippen LogP contribution is -2.59. The molecule has 0 aromatic heterocycles. The summed E-state index contributed by atoms with van der Waals surface area (Å²) in [4.78, 5) is 27.5. The quantitative estimate of drug-likeness (QED) is 0.681. The molecule has 1 aliphatic heterocycles. The third-order valence-corrected chi connectivity index (χ3v) is 10.0. The molecule has 0 bridgehead atoms. The van der Waals surface area contributed by atoms with Gasteiger partial charge in [-0.2, -0.15) is 0 Å². The molecule has 0 saturated heterocycles. The Balaban J connectivity index is 1.32. The summed E-state index contributed by atoms with van der Waals surface area (Å²) in [5.41, 5.74) is 1.17. The second-order valence-corrected chi connectivity index (χ2v) is 11.6. The van der Waals surface area contributed by atoms with Crippen molar-refractivity contribution >= 4 is 23.4 Å². The zero-order valence-corrected chi connectivity index (χ0v) is 20.2. The molecule has 4 nitrogen and oxygen atoms in total. The minimum absolute atomic E-state index is 0.0554. The maximum Gasteiger partial charge on any atom is 0.246 e. The van der Waals surface area contributed by atoms with E-state index in [1.165, 1.54) is 6.42 Å². The molecule has 32 heavy (non-hydrogen) atoms. The van der Waals surface area contributed by atoms with Gasteiger partial charge in [-0.25, -0.2) is 0 Å². The van der Waals surface area contributed by atoms with Gasteiger partial charge in [0.15, 0.2) is 0 Å². The van der Waals surface area contributed by atoms with Gasteiger partial charge in [-0.15, -0.1) is 0 Å². The number of benzene rings is 1. The number of rotatable bonds is 3. The third-order valence-electron chi connectivity index (χ3n) is 9.80. The van der Waals surface area contributed by atoms with Crippen molar-refractivity contribution in [3.05, 3.63) is 47.0 Å². The number of fused-ring (bicyclic) bond motifs is 5. The van der Waals surface area contributed by atoms with Gasteiger partial charge in [-0.3, -0.25) is 9.59 Å². The first-order valence-electron chi connectivity index (χ1n) is 12.2. The molecule has 3 fully saturated rings. The van der Waals surface area contributed by atoms with E-state index in [1.807, 2.05) is 36.2 Å². The highest BCUT2D eigenvalue weighted by molar-refractivity contribution is 6.30. The number of nitrogens with one attached hydrogen (secondary N) is 1. The Morgan fingerprint density at radius 2 is 1.97 bits per heavy atom. The summed E-state index contributed by atoms with van der Waals surface area (Å²) < 4.78 is 0. The molecule has 4 aliphatic rings. The molecule has 7 atom stereocenters. The molecule has 1 aromatic carbocycles. The first kappa shape index (κ1) is 22.0. The first-order chi connectivity index (χ1) is 15.2. The van der Waals surface area contributed by atoms with Crippen molar-refractivity contribution in [1.82, 2.24) is 10.2 Å². The van der Waals surface area contributed by atoms with Crippen LogP contribution in [-0.4, -0.2) is 29.8 Å². The molecule has 1 heterocycles. The number of hydrogen-bond donors (Lipinski definition) is 1. The van der Waals surface area contributed by atoms with Crippen LogP contribution in [0, 0.1) is 34.5 Å². The van der Waals surface area contributed by atoms with Gasteiger partial charge < -0.3 is 10.2 Å². The Morgan fingerprint density at radius 3 is 2.75 bits per heavy atom. The van der Waals surface area contributed by atoms with E-state index >= 15 is 0 Å². The largest absolute Gasteiger partial charge is 0.352 e. The van der Waals surface area contributed by atoms with Gasteiger partial charge in [-0.05, 0) is 85.5 Å². The van der Waals surface area contributed by atoms with E-state index in [4.69, 9.17) is 11.6 Å². The third kappa shape index (κ3) is 3.32. The summed E-state index contributed by atoms with van der Waals surface area (Å²) in [7, 11) is 1.97. The maximum absolute atomic E-state index is 13.3. The van der Waals surface area contributed by atoms with Crippen LogP contribution < -0.4 is 5.32 Å². The van der Waals surface area contributed by atoms with Crippen LogP contribution in [0.15, 0.2) is 36.4 Å². The Hall–Kier alpha value is -1.81. The van der Waals surface area contributed by atoms with Gasteiger partial charge in [0.25, 0.3) is 0 Å². The molecule has 5 rings (SSSR count). The van der Waals surface area contributed by atoms with Crippen molar-refractivity contribution in [2.45, 2.75) is 65.0 Å². The summed E-state index contributed by atoms with van der Waals surface area (Å²) in [6, 6.07) is 8.03. The Labute approximate surface area is 196 Å². The Kier molecular flexibility index (Phi) is 5.43. The summed E-state index contributed by atoms with van der Waals surface area (Å²) >= 11 is 6.10. The number of amides is 2. The van der Waals surface area contributed by atoms with E-state index < -0.39 is 0 Å². The van der Waals surface area contributed by atoms with Crippen molar-refractivity contribution < 1.29 is 9.59 Å². The van der Waals surface area contributed by atoms with Gasteiger partial charge in [0.1, 0.15) is 0 Å². The summed E-state index contributed by atoms with van der Waals surface area (Å²) in [5, 5.41) is 3.91. The normalized spacial score (nSPS) is 40.4. The highest BCUT2D eigenvalue weighted by Gasteiger charge is 2.61. The van der Waals surface area contributed by atoms with Gasteiger partial charge in [-0.1, -0.05) is 43.7 Å². The minimum Gasteiger partial charge on any atom is -0.352 e. The van der Waals surface area contributed by atoms with E-state index in [-0.39, 0.29) is 28.6 Å². The summed E-state index contributed by atoms with van der Waals surface area (Å²) in [6.07, 6.45) is 10.6. The maximum atomic E-state index is 13.3. The number of carbonyl (C=O) groups excluding carboxylic acids is 2. The Morgan fingerprint density at radius 1 is 1.16 bits per heavy atom. The van der Waals surface area contributed by atoms with E-state index in [0.29, 0.717) is 35.4 Å². The van der Waals surface area contributed by atoms with Crippen LogP contribution in [0.2, 0.25) is 5.02 Å². The monoisotopic (exact) mass is 454 g/mol. The van der Waals surface area contributed by atoms with E-state index in [2.05, 4.69) is 25.2 Å². The standard InChI is InChI=1S/C27H35ClN2O2/c1-26-13-11-21-19(7-10-23-27(21,2)14-12-24(31)30(23)3)20(26)8-9-22(26)25(32)29-16-17-5-4-6-18(28)15-17/h4-6,12,14-15,19-23H,7-11,13,16H2,1-3H3,(H,29,32)/t19-,20-,21-,22+,23?,26-,27+/m0/s1. The molecule has 0 radical (unpaired) electrons. The first-order valence-corrected chi connectivity index (χ1v) is 12.6. The predicted octanol–water partition coefficient (Wildman–Crippen LogP) is 5.21. The van der Waals surface area contributed by atoms with Crippen LogP contribution in [0.25, 0.3) is 0 Å². The predicted molar refractivity (Wildman–Crippen MR) is 127 cm³/mol. The molecular weight excluding hydrogens is 420 g/mol. The highest BCUT2D eigenvalue weighted by Crippen LogP contribution is 2.65. The fourth-order valence-corrected chi connectivity index (χ4v) is 8.34. The lowest BCUT2D eigenvalue weighted by atomic mass is 9.47. The van der Waals surface area contributed by atoms with Gasteiger partial charge in [0, 0.05) is 36.0 Å². The van der Waals surface area contributed by atoms with Crippen LogP contribution in [-0.2, 0) is 16.1 Å². The van der Waals surface area contributed by atoms with Crippen molar-refractivity contribution in [2.24, 2.45) is 34.5 Å². The summed E-state index contributed by atoms with van der Waals surface area (Å²) in [6.45, 7) is 5.29. The number of likely N-dealkylation sites (N-methyl/N-ethyl adjacent to an activating group) is 1. The zero-order chi connectivity index (χ0) is 22.7. The molecule has 1 N–H and O–H groups in total. The second-order valence-electron chi connectivity index (χ2n) is 11.1. The minimum atomic E-state index is 0.0554. The number of hydrogen-bond acceptors (Lipinski definition) is 2. The van der Waals surface area contributed by atoms with Gasteiger partial charge >= 0.3 is 0 Å². The van der Waals surface area contributed by atoms with Gasteiger partial charge in [0.2, 0.25) is 11.8 Å². The van der Waals surface area contributed by atoms with Crippen LogP contribution in [0.1, 0.15) is 57.9 Å². The van der Waals surface area contributed by atoms with Crippen molar-refractivity contribution in [3.63, 3.8) is 0 Å². The fraction of sp³-hybridized carbons (Fsp3) is 0.630. The molecule has 3 aliphatic carbocycles. The number of nitrogens with zero attached hydrogens (tertiary/aromatic N) is 1. The van der Waals surface area contributed by atoms with Crippen molar-refractivity contribution in [3.8, 4) is 0 Å². The van der Waals surface area contributed by atoms with E-state index in [1.54, 1.807) is 6.08 Å². The highest BCUT2D eigenvalue weighted by atomic mass is 35.5. The molecule has 3 saturated carbocycles. The van der Waals surface area contributed by atoms with Crippen LogP contribution in [0.3, 0.4) is 0 Å². The zero-order valence-electron chi connectivity index (χ0n) is 19.4. The second kappa shape index (κ2) is 7.90. The topological polar surface area (TPSA) is 49.4 Å². The number of carbonyl (C=O) groups is 2. The van der Waals surface area contributed by atoms with Gasteiger partial charge in [0.05, 0.1) is 0 Å². The molecule has 0 spiro atoms. The number of halogens is 1. The molecular formula is C27H35ClN2O2. The van der Waals surface area contributed by atoms with Crippen molar-refractivity contribution in [2.75, 3.05) is 7.05 Å². The SMILES string of the molecule is CN1C(=O)C=C[C@@]2(C)C1CC[C@H]1[C@@H]3CC[C@H](C(=O)NCc4cccc(Cl)c4)[C@@]3(C)CC[C@@H]12. The average molecular weight is 455 g/mol. The van der Waals surface area contributed by atoms with Crippen LogP contribution in [0.4, 0.5) is 0 Å². The molecule has 2 amide bonds. The molecule has 172 valence electrons. The fourth-order valence-electron chi connectivity index (χ4n) is 8.13. The van der Waals surface area contributed by atoms with Crippen LogP contribution >= 0.6 is 11.6 Å². The van der Waals surface area contributed by atoms with E-state index in [9.17, 15) is 9.59 Å². The van der Waals surface area contributed by atoms with E-state index in [0.717, 1.165) is 37.7 Å². The van der Waals surface area contributed by atoms with Crippen LogP contribution in [0.5, 0.6) is 0 Å². The Bertz CT molecular complexity index is 961. The lowest BCUT2D eigenvalue weighted by molar-refractivity contribution is -0.142. The van der Waals surface area contributed by atoms with Crippen molar-refractivity contribution in [1.29, 1.82) is 0 Å². The molecule has 1 unspecified atom stereocenters. The summed E-state index contributed by atoms with van der Waals surface area (Å²) in [5.74, 6) is 2.27.